The van der Waals surface area contributed by atoms with Crippen molar-refractivity contribution in [1.82, 2.24) is 9.88 Å². The molecule has 1 aromatic heterocycles. The highest BCUT2D eigenvalue weighted by Gasteiger charge is 2.37. The predicted molar refractivity (Wildman–Crippen MR) is 92.3 cm³/mol. The molecule has 1 N–H and O–H groups in total. The number of likely N-dealkylation sites (tertiary alicyclic amines) is 1. The molecule has 2 unspecified atom stereocenters. The van der Waals surface area contributed by atoms with Crippen LogP contribution in [-0.2, 0) is 9.59 Å². The van der Waals surface area contributed by atoms with Gasteiger partial charge in [0.2, 0.25) is 11.8 Å². The number of amides is 2. The van der Waals surface area contributed by atoms with Crippen molar-refractivity contribution in [3.8, 4) is 0 Å². The van der Waals surface area contributed by atoms with Gasteiger partial charge in [-0.3, -0.25) is 14.6 Å². The molecule has 5 nitrogen and oxygen atoms in total. The standard InChI is InChI=1S/C19H21N3O2/c1-13-17(9-6-10-20-13)21-19(24)16-11-18(23)22(12-16)14(2)15-7-4-3-5-8-15/h3-10,14,16H,11-12H2,1-2H3,(H,21,24). The first-order chi connectivity index (χ1) is 11.6. The molecule has 0 radical (unpaired) electrons. The van der Waals surface area contributed by atoms with Gasteiger partial charge in [0.15, 0.2) is 0 Å². The fourth-order valence-electron chi connectivity index (χ4n) is 3.04. The van der Waals surface area contributed by atoms with E-state index in [0.717, 1.165) is 11.3 Å². The highest BCUT2D eigenvalue weighted by Crippen LogP contribution is 2.29. The van der Waals surface area contributed by atoms with Gasteiger partial charge in [0.1, 0.15) is 0 Å². The van der Waals surface area contributed by atoms with Crippen LogP contribution in [0.15, 0.2) is 48.7 Å². The van der Waals surface area contributed by atoms with Gasteiger partial charge < -0.3 is 10.2 Å². The number of anilines is 1. The average Bonchev–Trinajstić information content (AvgIpc) is 2.99. The third-order valence-corrected chi connectivity index (χ3v) is 4.54. The zero-order valence-corrected chi connectivity index (χ0v) is 13.9. The van der Waals surface area contributed by atoms with Gasteiger partial charge in [-0.1, -0.05) is 30.3 Å². The second-order valence-corrected chi connectivity index (χ2v) is 6.16. The van der Waals surface area contributed by atoms with Crippen molar-refractivity contribution in [2.45, 2.75) is 26.3 Å². The minimum atomic E-state index is -0.330. The fraction of sp³-hybridized carbons (Fsp3) is 0.316. The van der Waals surface area contributed by atoms with Gasteiger partial charge in [-0.25, -0.2) is 0 Å². The van der Waals surface area contributed by atoms with Gasteiger partial charge in [0.05, 0.1) is 23.3 Å². The maximum absolute atomic E-state index is 12.5. The number of rotatable bonds is 4. The molecule has 2 atom stereocenters. The molecule has 3 rings (SSSR count). The van der Waals surface area contributed by atoms with Crippen LogP contribution in [0.25, 0.3) is 0 Å². The van der Waals surface area contributed by atoms with Crippen LogP contribution in [0.2, 0.25) is 0 Å². The van der Waals surface area contributed by atoms with Gasteiger partial charge >= 0.3 is 0 Å². The van der Waals surface area contributed by atoms with Crippen molar-refractivity contribution in [3.63, 3.8) is 0 Å². The summed E-state index contributed by atoms with van der Waals surface area (Å²) in [6.45, 7) is 4.29. The van der Waals surface area contributed by atoms with Crippen LogP contribution in [0.1, 0.15) is 30.6 Å². The fourth-order valence-corrected chi connectivity index (χ4v) is 3.04. The monoisotopic (exact) mass is 323 g/mol. The third kappa shape index (κ3) is 3.30. The number of nitrogens with one attached hydrogen (secondary N) is 1. The van der Waals surface area contributed by atoms with Gasteiger partial charge in [-0.05, 0) is 31.5 Å². The van der Waals surface area contributed by atoms with Crippen molar-refractivity contribution in [3.05, 3.63) is 59.9 Å². The maximum Gasteiger partial charge on any atom is 0.229 e. The molecule has 1 fully saturated rings. The minimum absolute atomic E-state index is 0.0226. The van der Waals surface area contributed by atoms with Gasteiger partial charge in [-0.15, -0.1) is 0 Å². The smallest absolute Gasteiger partial charge is 0.229 e. The van der Waals surface area contributed by atoms with E-state index in [-0.39, 0.29) is 30.2 Å². The number of benzene rings is 1. The SMILES string of the molecule is Cc1ncccc1NC(=O)C1CC(=O)N(C(C)c2ccccc2)C1. The Labute approximate surface area is 141 Å². The molecule has 1 saturated heterocycles. The number of pyridine rings is 1. The topological polar surface area (TPSA) is 62.3 Å². The molecule has 5 heteroatoms. The normalized spacial score (nSPS) is 18.5. The highest BCUT2D eigenvalue weighted by molar-refractivity contribution is 5.97. The third-order valence-electron chi connectivity index (χ3n) is 4.54. The van der Waals surface area contributed by atoms with Crippen molar-refractivity contribution in [1.29, 1.82) is 0 Å². The molecular weight excluding hydrogens is 302 g/mol. The van der Waals surface area contributed by atoms with Crippen LogP contribution in [0.3, 0.4) is 0 Å². The van der Waals surface area contributed by atoms with Crippen LogP contribution < -0.4 is 5.32 Å². The summed E-state index contributed by atoms with van der Waals surface area (Å²) in [6.07, 6.45) is 1.94. The number of carbonyl (C=O) groups excluding carboxylic acids is 2. The molecule has 0 bridgehead atoms. The first-order valence-electron chi connectivity index (χ1n) is 8.13. The highest BCUT2D eigenvalue weighted by atomic mass is 16.2. The van der Waals surface area contributed by atoms with Crippen molar-refractivity contribution >= 4 is 17.5 Å². The predicted octanol–water partition coefficient (Wildman–Crippen LogP) is 2.94. The molecule has 2 heterocycles. The Morgan fingerprint density at radius 3 is 2.71 bits per heavy atom. The Kier molecular flexibility index (Phi) is 4.60. The molecule has 2 amide bonds. The molecule has 0 aliphatic carbocycles. The Morgan fingerprint density at radius 2 is 2.00 bits per heavy atom. The van der Waals surface area contributed by atoms with E-state index in [2.05, 4.69) is 10.3 Å². The largest absolute Gasteiger partial charge is 0.335 e. The quantitative estimate of drug-likeness (QED) is 0.941. The Bertz CT molecular complexity index is 745. The maximum atomic E-state index is 12.5. The van der Waals surface area contributed by atoms with Gasteiger partial charge in [-0.2, -0.15) is 0 Å². The number of hydrogen-bond acceptors (Lipinski definition) is 3. The van der Waals surface area contributed by atoms with E-state index in [4.69, 9.17) is 0 Å². The first kappa shape index (κ1) is 16.2. The Balaban J connectivity index is 1.68. The van der Waals surface area contributed by atoms with E-state index in [1.54, 1.807) is 17.2 Å². The summed E-state index contributed by atoms with van der Waals surface area (Å²) in [5, 5.41) is 2.89. The summed E-state index contributed by atoms with van der Waals surface area (Å²) in [4.78, 5) is 30.8. The van der Waals surface area contributed by atoms with Gasteiger partial charge in [0.25, 0.3) is 0 Å². The lowest BCUT2D eigenvalue weighted by Gasteiger charge is -2.25. The van der Waals surface area contributed by atoms with E-state index in [0.29, 0.717) is 12.2 Å². The molecule has 24 heavy (non-hydrogen) atoms. The van der Waals surface area contributed by atoms with Crippen molar-refractivity contribution < 1.29 is 9.59 Å². The molecular formula is C19H21N3O2. The number of aryl methyl sites for hydroxylation is 1. The zero-order chi connectivity index (χ0) is 17.1. The number of nitrogens with zero attached hydrogens (tertiary/aromatic N) is 2. The Hall–Kier alpha value is -2.69. The molecule has 2 aromatic rings. The molecule has 124 valence electrons. The molecule has 1 aliphatic rings. The average molecular weight is 323 g/mol. The van der Waals surface area contributed by atoms with Crippen molar-refractivity contribution in [2.24, 2.45) is 5.92 Å². The Morgan fingerprint density at radius 1 is 1.25 bits per heavy atom. The van der Waals surface area contributed by atoms with E-state index in [9.17, 15) is 9.59 Å². The lowest BCUT2D eigenvalue weighted by molar-refractivity contribution is -0.129. The second-order valence-electron chi connectivity index (χ2n) is 6.16. The first-order valence-corrected chi connectivity index (χ1v) is 8.13. The van der Waals surface area contributed by atoms with E-state index >= 15 is 0 Å². The molecule has 1 aromatic carbocycles. The van der Waals surface area contributed by atoms with E-state index in [1.807, 2.05) is 50.2 Å². The summed E-state index contributed by atoms with van der Waals surface area (Å²) in [6, 6.07) is 13.5. The van der Waals surface area contributed by atoms with Crippen LogP contribution in [0, 0.1) is 12.8 Å². The lowest BCUT2D eigenvalue weighted by Crippen LogP contribution is -2.30. The van der Waals surface area contributed by atoms with Crippen LogP contribution in [0.4, 0.5) is 5.69 Å². The minimum Gasteiger partial charge on any atom is -0.335 e. The number of aromatic nitrogens is 1. The van der Waals surface area contributed by atoms with Crippen LogP contribution in [-0.4, -0.2) is 28.2 Å². The summed E-state index contributed by atoms with van der Waals surface area (Å²) < 4.78 is 0. The summed E-state index contributed by atoms with van der Waals surface area (Å²) in [7, 11) is 0. The molecule has 0 saturated carbocycles. The second kappa shape index (κ2) is 6.83. The summed E-state index contributed by atoms with van der Waals surface area (Å²) in [5.41, 5.74) is 2.55. The van der Waals surface area contributed by atoms with Crippen molar-refractivity contribution in [2.75, 3.05) is 11.9 Å². The molecule has 0 spiro atoms. The van der Waals surface area contributed by atoms with Crippen LogP contribution in [0.5, 0.6) is 0 Å². The van der Waals surface area contributed by atoms with E-state index in [1.165, 1.54) is 0 Å². The lowest BCUT2D eigenvalue weighted by atomic mass is 10.1. The molecule has 1 aliphatic heterocycles. The van der Waals surface area contributed by atoms with Gasteiger partial charge in [0, 0.05) is 19.2 Å². The summed E-state index contributed by atoms with van der Waals surface area (Å²) in [5.74, 6) is -0.431. The summed E-state index contributed by atoms with van der Waals surface area (Å²) >= 11 is 0. The van der Waals surface area contributed by atoms with E-state index < -0.39 is 0 Å². The van der Waals surface area contributed by atoms with Crippen LogP contribution >= 0.6 is 0 Å². The number of hydrogen-bond donors (Lipinski definition) is 1. The number of carbonyl (C=O) groups is 2. The zero-order valence-electron chi connectivity index (χ0n) is 13.9.